The van der Waals surface area contributed by atoms with Crippen LogP contribution >= 0.6 is 0 Å². The van der Waals surface area contributed by atoms with Crippen molar-refractivity contribution in [2.45, 2.75) is 59.6 Å². The number of carboxylic acids is 1. The minimum absolute atomic E-state index is 0.0406. The van der Waals surface area contributed by atoms with Crippen LogP contribution < -0.4 is 10.6 Å². The van der Waals surface area contributed by atoms with E-state index in [1.165, 1.54) is 16.7 Å². The summed E-state index contributed by atoms with van der Waals surface area (Å²) in [6, 6.07) is 14.1. The molecule has 1 aliphatic rings. The largest absolute Gasteiger partial charge is 0.479 e. The fourth-order valence-corrected chi connectivity index (χ4v) is 5.30. The number of hydrogen-bond acceptors (Lipinski definition) is 5. The summed E-state index contributed by atoms with van der Waals surface area (Å²) in [6.07, 6.45) is -0.645. The number of hydrogen-bond donors (Lipinski definition) is 3. The molecular weight excluding hydrogens is 536 g/mol. The van der Waals surface area contributed by atoms with E-state index >= 15 is 0 Å². The first-order valence-corrected chi connectivity index (χ1v) is 13.8. The van der Waals surface area contributed by atoms with Crippen molar-refractivity contribution >= 4 is 46.1 Å². The first kappa shape index (κ1) is 30.4. The Kier molecular flexibility index (Phi) is 8.20. The summed E-state index contributed by atoms with van der Waals surface area (Å²) in [4.78, 5) is 55.3. The standard InChI is InChI=1S/C32H38N4O6/c1-19-14-20(2)26(21(3)15-19)34-29(40)33-25-17-23-11-9-8-10-22(23)16-24(25)27(37)36-13-12-35(18-32(36,7)28(38)39)30(41)42-31(4,5)6/h8-11,14-17H,12-13,18H2,1-7H3,(H,38,39)(H2,33,34,40)/t32-/m0/s1. The van der Waals surface area contributed by atoms with Gasteiger partial charge in [-0.3, -0.25) is 4.79 Å². The number of urea groups is 1. The van der Waals surface area contributed by atoms with Gasteiger partial charge in [0.25, 0.3) is 5.91 Å². The zero-order valence-corrected chi connectivity index (χ0v) is 25.1. The maximum absolute atomic E-state index is 14.1. The SMILES string of the molecule is Cc1cc(C)c(NC(=O)Nc2cc3ccccc3cc2C(=O)N2CCN(C(=O)OC(C)(C)C)C[C@@]2(C)C(=O)O)c(C)c1. The third-order valence-corrected chi connectivity index (χ3v) is 7.33. The second-order valence-electron chi connectivity index (χ2n) is 12.0. The van der Waals surface area contributed by atoms with Gasteiger partial charge in [0, 0.05) is 18.8 Å². The highest BCUT2D eigenvalue weighted by molar-refractivity contribution is 6.11. The highest BCUT2D eigenvalue weighted by Crippen LogP contribution is 2.31. The number of aliphatic carboxylic acids is 1. The fraction of sp³-hybridized carbons (Fsp3) is 0.375. The lowest BCUT2D eigenvalue weighted by Crippen LogP contribution is -2.67. The number of carboxylic acid groups (broad SMARTS) is 1. The van der Waals surface area contributed by atoms with Crippen molar-refractivity contribution in [3.05, 3.63) is 70.8 Å². The molecule has 0 unspecified atom stereocenters. The molecule has 1 saturated heterocycles. The quantitative estimate of drug-likeness (QED) is 0.354. The molecule has 10 heteroatoms. The second-order valence-corrected chi connectivity index (χ2v) is 12.0. The average molecular weight is 575 g/mol. The van der Waals surface area contributed by atoms with E-state index in [0.29, 0.717) is 5.69 Å². The molecule has 1 heterocycles. The zero-order valence-electron chi connectivity index (χ0n) is 25.1. The predicted octanol–water partition coefficient (Wildman–Crippen LogP) is 5.95. The molecular formula is C32H38N4O6. The van der Waals surface area contributed by atoms with Gasteiger partial charge < -0.3 is 30.3 Å². The molecule has 0 radical (unpaired) electrons. The number of benzene rings is 3. The minimum Gasteiger partial charge on any atom is -0.479 e. The number of carbonyl (C=O) groups excluding carboxylic acids is 3. The van der Waals surface area contributed by atoms with E-state index in [4.69, 9.17) is 4.74 Å². The first-order valence-electron chi connectivity index (χ1n) is 13.8. The number of anilines is 2. The molecule has 1 fully saturated rings. The molecule has 1 atom stereocenters. The number of nitrogens with one attached hydrogen (secondary N) is 2. The van der Waals surface area contributed by atoms with Gasteiger partial charge in [0.05, 0.1) is 17.8 Å². The van der Waals surface area contributed by atoms with Crippen LogP contribution in [0.15, 0.2) is 48.5 Å². The lowest BCUT2D eigenvalue weighted by atomic mass is 9.94. The van der Waals surface area contributed by atoms with E-state index < -0.39 is 35.1 Å². The lowest BCUT2D eigenvalue weighted by Gasteiger charge is -2.46. The van der Waals surface area contributed by atoms with E-state index in [9.17, 15) is 24.3 Å². The Hall–Kier alpha value is -4.60. The second kappa shape index (κ2) is 11.3. The van der Waals surface area contributed by atoms with Crippen LogP contribution in [0.3, 0.4) is 0 Å². The number of fused-ring (bicyclic) bond motifs is 1. The van der Waals surface area contributed by atoms with E-state index in [0.717, 1.165) is 27.5 Å². The van der Waals surface area contributed by atoms with E-state index in [1.54, 1.807) is 32.9 Å². The Morgan fingerprint density at radius 2 is 1.50 bits per heavy atom. The number of ether oxygens (including phenoxy) is 1. The number of carbonyl (C=O) groups is 4. The van der Waals surface area contributed by atoms with Crippen LogP contribution in [0.1, 0.15) is 54.7 Å². The third kappa shape index (κ3) is 6.32. The Bertz CT molecular complexity index is 1550. The molecule has 0 saturated carbocycles. The van der Waals surface area contributed by atoms with Crippen molar-refractivity contribution in [3.8, 4) is 0 Å². The van der Waals surface area contributed by atoms with Gasteiger partial charge in [0.15, 0.2) is 5.54 Å². The summed E-state index contributed by atoms with van der Waals surface area (Å²) in [5.74, 6) is -1.84. The van der Waals surface area contributed by atoms with Gasteiger partial charge in [0.1, 0.15) is 5.60 Å². The normalized spacial score (nSPS) is 17.1. The van der Waals surface area contributed by atoms with Gasteiger partial charge in [-0.2, -0.15) is 0 Å². The monoisotopic (exact) mass is 574 g/mol. The van der Waals surface area contributed by atoms with Gasteiger partial charge in [-0.05, 0) is 82.5 Å². The van der Waals surface area contributed by atoms with Crippen molar-refractivity contribution in [3.63, 3.8) is 0 Å². The van der Waals surface area contributed by atoms with Gasteiger partial charge in [-0.1, -0.05) is 42.0 Å². The van der Waals surface area contributed by atoms with E-state index in [1.807, 2.05) is 57.2 Å². The Morgan fingerprint density at radius 3 is 2.07 bits per heavy atom. The summed E-state index contributed by atoms with van der Waals surface area (Å²) in [7, 11) is 0. The first-order chi connectivity index (χ1) is 19.6. The molecule has 3 aromatic carbocycles. The molecule has 10 nitrogen and oxygen atoms in total. The van der Waals surface area contributed by atoms with Crippen LogP contribution in [-0.4, -0.2) is 69.7 Å². The summed E-state index contributed by atoms with van der Waals surface area (Å²) in [6.45, 7) is 12.2. The van der Waals surface area contributed by atoms with Gasteiger partial charge in [0.2, 0.25) is 0 Å². The van der Waals surface area contributed by atoms with Crippen LogP contribution in [0.4, 0.5) is 21.0 Å². The topological polar surface area (TPSA) is 128 Å². The van der Waals surface area contributed by atoms with E-state index in [-0.39, 0.29) is 30.9 Å². The summed E-state index contributed by atoms with van der Waals surface area (Å²) >= 11 is 0. The molecule has 0 bridgehead atoms. The van der Waals surface area contributed by atoms with Crippen molar-refractivity contribution in [2.75, 3.05) is 30.3 Å². The number of amides is 4. The number of piperazine rings is 1. The predicted molar refractivity (Wildman–Crippen MR) is 162 cm³/mol. The molecule has 0 aromatic heterocycles. The highest BCUT2D eigenvalue weighted by Gasteiger charge is 2.49. The number of rotatable bonds is 4. The van der Waals surface area contributed by atoms with Crippen LogP contribution in [0, 0.1) is 20.8 Å². The maximum Gasteiger partial charge on any atom is 0.410 e. The van der Waals surface area contributed by atoms with Gasteiger partial charge >= 0.3 is 18.1 Å². The Morgan fingerprint density at radius 1 is 0.905 bits per heavy atom. The van der Waals surface area contributed by atoms with Crippen LogP contribution in [-0.2, 0) is 9.53 Å². The molecule has 3 N–H and O–H groups in total. The minimum atomic E-state index is -1.74. The molecule has 0 spiro atoms. The third-order valence-electron chi connectivity index (χ3n) is 7.33. The Balaban J connectivity index is 1.68. The molecule has 1 aliphatic heterocycles. The highest BCUT2D eigenvalue weighted by atomic mass is 16.6. The molecule has 0 aliphatic carbocycles. The molecule has 4 rings (SSSR count). The zero-order chi connectivity index (χ0) is 31.0. The average Bonchev–Trinajstić information content (AvgIpc) is 2.88. The fourth-order valence-electron chi connectivity index (χ4n) is 5.30. The molecule has 42 heavy (non-hydrogen) atoms. The Labute approximate surface area is 245 Å². The summed E-state index contributed by atoms with van der Waals surface area (Å²) < 4.78 is 5.45. The molecule has 4 amide bonds. The van der Waals surface area contributed by atoms with Crippen molar-refractivity contribution in [1.29, 1.82) is 0 Å². The van der Waals surface area contributed by atoms with Gasteiger partial charge in [-0.15, -0.1) is 0 Å². The van der Waals surface area contributed by atoms with Crippen molar-refractivity contribution in [2.24, 2.45) is 0 Å². The van der Waals surface area contributed by atoms with Crippen LogP contribution in [0.5, 0.6) is 0 Å². The van der Waals surface area contributed by atoms with Gasteiger partial charge in [-0.25, -0.2) is 14.4 Å². The number of aryl methyl sites for hydroxylation is 3. The maximum atomic E-state index is 14.1. The summed E-state index contributed by atoms with van der Waals surface area (Å²) in [5, 5.41) is 17.5. The van der Waals surface area contributed by atoms with Crippen LogP contribution in [0.2, 0.25) is 0 Å². The molecule has 3 aromatic rings. The van der Waals surface area contributed by atoms with E-state index in [2.05, 4.69) is 10.6 Å². The van der Waals surface area contributed by atoms with Crippen LogP contribution in [0.25, 0.3) is 10.8 Å². The van der Waals surface area contributed by atoms with Crippen molar-refractivity contribution < 1.29 is 29.0 Å². The molecule has 222 valence electrons. The van der Waals surface area contributed by atoms with Crippen molar-refractivity contribution in [1.82, 2.24) is 9.80 Å². The smallest absolute Gasteiger partial charge is 0.410 e. The lowest BCUT2D eigenvalue weighted by molar-refractivity contribution is -0.152. The number of nitrogens with zero attached hydrogens (tertiary/aromatic N) is 2. The summed E-state index contributed by atoms with van der Waals surface area (Å²) in [5.41, 5.74) is 1.42.